The standard InChI is InChI=1S/C38H42ClN3O5S/c1-27-16-20-34(21-17-27)48(45,46)42(35-24-31(39)19-18-28(35)2)26-37(43)41(25-30-12-9-15-33(22-30)47-3)36(23-29-10-5-4-6-11-29)38(44)40-32-13-7-8-14-32/h4-6,9-12,15-22,24,32,36H,7-8,13-14,23,25-26H2,1-3H3,(H,40,44)/t36-/m0/s1. The molecular weight excluding hydrogens is 646 g/mol. The highest BCUT2D eigenvalue weighted by atomic mass is 35.5. The van der Waals surface area contributed by atoms with Gasteiger partial charge in [-0.3, -0.25) is 13.9 Å². The van der Waals surface area contributed by atoms with E-state index < -0.39 is 28.5 Å². The molecule has 4 aromatic rings. The number of nitrogens with zero attached hydrogens (tertiary/aromatic N) is 2. The molecule has 252 valence electrons. The zero-order valence-electron chi connectivity index (χ0n) is 27.6. The highest BCUT2D eigenvalue weighted by Crippen LogP contribution is 2.31. The zero-order valence-corrected chi connectivity index (χ0v) is 29.1. The van der Waals surface area contributed by atoms with Gasteiger partial charge in [-0.15, -0.1) is 0 Å². The molecule has 0 unspecified atom stereocenters. The van der Waals surface area contributed by atoms with Gasteiger partial charge in [-0.05, 0) is 79.8 Å². The van der Waals surface area contributed by atoms with E-state index >= 15 is 0 Å². The molecule has 8 nitrogen and oxygen atoms in total. The van der Waals surface area contributed by atoms with E-state index in [1.165, 1.54) is 17.0 Å². The minimum absolute atomic E-state index is 0.0251. The van der Waals surface area contributed by atoms with Gasteiger partial charge in [-0.25, -0.2) is 8.42 Å². The third kappa shape index (κ3) is 8.57. The molecule has 2 amide bonds. The lowest BCUT2D eigenvalue weighted by Crippen LogP contribution is -2.54. The van der Waals surface area contributed by atoms with E-state index in [-0.39, 0.29) is 35.5 Å². The van der Waals surface area contributed by atoms with Gasteiger partial charge in [0.05, 0.1) is 17.7 Å². The first-order valence-electron chi connectivity index (χ1n) is 16.2. The Hall–Kier alpha value is -4.34. The number of carbonyl (C=O) groups excluding carboxylic acids is 2. The summed E-state index contributed by atoms with van der Waals surface area (Å²) >= 11 is 6.39. The summed E-state index contributed by atoms with van der Waals surface area (Å²) < 4.78 is 35.3. The van der Waals surface area contributed by atoms with Crippen LogP contribution < -0.4 is 14.4 Å². The molecule has 0 radical (unpaired) electrons. The first-order chi connectivity index (χ1) is 23.0. The molecule has 1 fully saturated rings. The first kappa shape index (κ1) is 35.0. The smallest absolute Gasteiger partial charge is 0.264 e. The second kappa shape index (κ2) is 15.7. The van der Waals surface area contributed by atoms with E-state index in [1.807, 2.05) is 61.5 Å². The lowest BCUT2D eigenvalue weighted by Gasteiger charge is -2.34. The molecule has 1 N–H and O–H groups in total. The number of nitrogens with one attached hydrogen (secondary N) is 1. The molecule has 0 spiro atoms. The topological polar surface area (TPSA) is 96.0 Å². The summed E-state index contributed by atoms with van der Waals surface area (Å²) in [4.78, 5) is 30.5. The fourth-order valence-corrected chi connectivity index (χ4v) is 7.73. The highest BCUT2D eigenvalue weighted by Gasteiger charge is 2.36. The zero-order chi connectivity index (χ0) is 34.3. The number of amides is 2. The Balaban J connectivity index is 1.60. The summed E-state index contributed by atoms with van der Waals surface area (Å²) in [6, 6.07) is 27.4. The fourth-order valence-electron chi connectivity index (χ4n) is 6.09. The monoisotopic (exact) mass is 687 g/mol. The molecule has 1 atom stereocenters. The Morgan fingerprint density at radius 2 is 1.58 bits per heavy atom. The number of ether oxygens (including phenoxy) is 1. The van der Waals surface area contributed by atoms with Crippen LogP contribution in [-0.2, 0) is 32.6 Å². The SMILES string of the molecule is COc1cccc(CN(C(=O)CN(c2cc(Cl)ccc2C)S(=O)(=O)c2ccc(C)cc2)[C@@H](Cc2ccccc2)C(=O)NC2CCCC2)c1. The van der Waals surface area contributed by atoms with E-state index in [2.05, 4.69) is 5.32 Å². The fraction of sp³-hybridized carbons (Fsp3) is 0.316. The predicted octanol–water partition coefficient (Wildman–Crippen LogP) is 6.86. The van der Waals surface area contributed by atoms with Crippen molar-refractivity contribution in [3.05, 3.63) is 124 Å². The van der Waals surface area contributed by atoms with Crippen LogP contribution in [-0.4, -0.2) is 50.9 Å². The van der Waals surface area contributed by atoms with Crippen molar-refractivity contribution in [2.45, 2.75) is 69.5 Å². The van der Waals surface area contributed by atoms with Gasteiger partial charge in [0.15, 0.2) is 0 Å². The normalized spacial score (nSPS) is 13.9. The van der Waals surface area contributed by atoms with Gasteiger partial charge < -0.3 is 15.0 Å². The van der Waals surface area contributed by atoms with E-state index in [0.717, 1.165) is 46.7 Å². The maximum absolute atomic E-state index is 14.8. The first-order valence-corrected chi connectivity index (χ1v) is 18.0. The summed E-state index contributed by atoms with van der Waals surface area (Å²) in [5, 5.41) is 3.53. The van der Waals surface area contributed by atoms with Crippen LogP contribution in [0.15, 0.2) is 102 Å². The van der Waals surface area contributed by atoms with Crippen molar-refractivity contribution < 1.29 is 22.7 Å². The number of hydrogen-bond acceptors (Lipinski definition) is 5. The largest absolute Gasteiger partial charge is 0.497 e. The van der Waals surface area contributed by atoms with Crippen LogP contribution in [0.5, 0.6) is 5.75 Å². The number of halogens is 1. The maximum atomic E-state index is 14.8. The average Bonchev–Trinajstić information content (AvgIpc) is 3.60. The van der Waals surface area contributed by atoms with E-state index in [1.54, 1.807) is 44.4 Å². The minimum atomic E-state index is -4.24. The van der Waals surface area contributed by atoms with Crippen LogP contribution >= 0.6 is 11.6 Å². The number of sulfonamides is 1. The summed E-state index contributed by atoms with van der Waals surface area (Å²) in [5.41, 5.74) is 3.43. The van der Waals surface area contributed by atoms with E-state index in [4.69, 9.17) is 16.3 Å². The maximum Gasteiger partial charge on any atom is 0.264 e. The molecule has 0 heterocycles. The van der Waals surface area contributed by atoms with E-state index in [0.29, 0.717) is 16.3 Å². The molecule has 0 saturated heterocycles. The van der Waals surface area contributed by atoms with Gasteiger partial charge in [-0.2, -0.15) is 0 Å². The van der Waals surface area contributed by atoms with Gasteiger partial charge >= 0.3 is 0 Å². The molecule has 4 aromatic carbocycles. The highest BCUT2D eigenvalue weighted by molar-refractivity contribution is 7.92. The van der Waals surface area contributed by atoms with Crippen molar-refractivity contribution in [1.29, 1.82) is 0 Å². The Labute approximate surface area is 288 Å². The van der Waals surface area contributed by atoms with Crippen molar-refractivity contribution in [1.82, 2.24) is 10.2 Å². The average molecular weight is 688 g/mol. The number of benzene rings is 4. The number of anilines is 1. The third-order valence-electron chi connectivity index (χ3n) is 8.79. The van der Waals surface area contributed by atoms with E-state index in [9.17, 15) is 18.0 Å². The molecule has 1 aliphatic rings. The lowest BCUT2D eigenvalue weighted by molar-refractivity contribution is -0.140. The predicted molar refractivity (Wildman–Crippen MR) is 190 cm³/mol. The van der Waals surface area contributed by atoms with Crippen molar-refractivity contribution in [2.75, 3.05) is 18.0 Å². The van der Waals surface area contributed by atoms with Crippen molar-refractivity contribution in [2.24, 2.45) is 0 Å². The quantitative estimate of drug-likeness (QED) is 0.166. The Bertz CT molecular complexity index is 1830. The Morgan fingerprint density at radius 1 is 0.896 bits per heavy atom. The summed E-state index contributed by atoms with van der Waals surface area (Å²) in [5.74, 6) is -0.197. The molecule has 0 aliphatic heterocycles. The summed E-state index contributed by atoms with van der Waals surface area (Å²) in [7, 11) is -2.67. The lowest BCUT2D eigenvalue weighted by atomic mass is 10.0. The molecule has 48 heavy (non-hydrogen) atoms. The van der Waals surface area contributed by atoms with Gasteiger partial charge in [0.1, 0.15) is 18.3 Å². The van der Waals surface area contributed by atoms with Gasteiger partial charge in [-0.1, -0.05) is 90.7 Å². The van der Waals surface area contributed by atoms with Crippen LogP contribution in [0.25, 0.3) is 0 Å². The van der Waals surface area contributed by atoms with Gasteiger partial charge in [0.25, 0.3) is 10.0 Å². The Kier molecular flexibility index (Phi) is 11.4. The third-order valence-corrected chi connectivity index (χ3v) is 10.8. The summed E-state index contributed by atoms with van der Waals surface area (Å²) in [6.45, 7) is 3.15. The number of carbonyl (C=O) groups is 2. The molecule has 1 aliphatic carbocycles. The molecule has 1 saturated carbocycles. The van der Waals surface area contributed by atoms with Gasteiger partial charge in [0, 0.05) is 24.0 Å². The van der Waals surface area contributed by atoms with Crippen molar-refractivity contribution in [3.63, 3.8) is 0 Å². The van der Waals surface area contributed by atoms with Crippen molar-refractivity contribution in [3.8, 4) is 5.75 Å². The number of rotatable bonds is 13. The van der Waals surface area contributed by atoms with Crippen LogP contribution in [0, 0.1) is 13.8 Å². The molecule has 0 bridgehead atoms. The van der Waals surface area contributed by atoms with Crippen molar-refractivity contribution >= 4 is 39.1 Å². The van der Waals surface area contributed by atoms with Crippen LogP contribution in [0.3, 0.4) is 0 Å². The molecule has 5 rings (SSSR count). The van der Waals surface area contributed by atoms with Gasteiger partial charge in [0.2, 0.25) is 11.8 Å². The van der Waals surface area contributed by atoms with Crippen LogP contribution in [0.1, 0.15) is 47.9 Å². The number of aryl methyl sites for hydroxylation is 2. The van der Waals surface area contributed by atoms with Crippen LogP contribution in [0.4, 0.5) is 5.69 Å². The Morgan fingerprint density at radius 3 is 2.27 bits per heavy atom. The number of methoxy groups -OCH3 is 1. The molecule has 0 aromatic heterocycles. The van der Waals surface area contributed by atoms with Crippen LogP contribution in [0.2, 0.25) is 5.02 Å². The second-order valence-electron chi connectivity index (χ2n) is 12.3. The molecular formula is C38H42ClN3O5S. The minimum Gasteiger partial charge on any atom is -0.497 e. The summed E-state index contributed by atoms with van der Waals surface area (Å²) in [6.07, 6.45) is 4.07. The second-order valence-corrected chi connectivity index (χ2v) is 14.6. The molecule has 10 heteroatoms. The number of hydrogen-bond donors (Lipinski definition) is 1.